The smallest absolute Gasteiger partial charge is 0.241 e. The Morgan fingerprint density at radius 3 is 2.58 bits per heavy atom. The van der Waals surface area contributed by atoms with E-state index in [1.165, 1.54) is 0 Å². The summed E-state index contributed by atoms with van der Waals surface area (Å²) >= 11 is 0. The quantitative estimate of drug-likeness (QED) is 0.637. The standard InChI is InChI=1S/C25H34N6O2/c26-17-23(29-24(32)25(27)8-2-1-3-9-25)16-20-4-6-21(7-5-20)22-18-28-31(19-22)11-10-30-12-14-33-15-13-30/h4-7,18-19,23H,1-3,8-16,27H2,(H,29,32)/t23-/m0/s1. The number of nitrogens with one attached hydrogen (secondary N) is 1. The van der Waals surface area contributed by atoms with Gasteiger partial charge in [0.1, 0.15) is 6.04 Å². The number of nitrogens with two attached hydrogens (primary N) is 1. The molecule has 1 saturated heterocycles. The molecule has 1 aromatic heterocycles. The van der Waals surface area contributed by atoms with Gasteiger partial charge in [-0.1, -0.05) is 43.5 Å². The fourth-order valence-corrected chi connectivity index (χ4v) is 4.61. The monoisotopic (exact) mass is 450 g/mol. The van der Waals surface area contributed by atoms with Crippen LogP contribution >= 0.6 is 0 Å². The molecule has 1 saturated carbocycles. The topological polar surface area (TPSA) is 109 Å². The number of carbonyl (C=O) groups is 1. The first-order valence-corrected chi connectivity index (χ1v) is 12.0. The van der Waals surface area contributed by atoms with Gasteiger partial charge < -0.3 is 15.8 Å². The highest BCUT2D eigenvalue weighted by Crippen LogP contribution is 2.26. The third-order valence-electron chi connectivity index (χ3n) is 6.77. The van der Waals surface area contributed by atoms with Crippen molar-refractivity contribution in [1.29, 1.82) is 5.26 Å². The molecular formula is C25H34N6O2. The molecule has 0 spiro atoms. The van der Waals surface area contributed by atoms with Gasteiger partial charge in [0.25, 0.3) is 0 Å². The molecule has 0 bridgehead atoms. The molecule has 1 aliphatic carbocycles. The fraction of sp³-hybridized carbons (Fsp3) is 0.560. The van der Waals surface area contributed by atoms with E-state index in [1.807, 2.05) is 35.1 Å². The first-order valence-electron chi connectivity index (χ1n) is 12.0. The van der Waals surface area contributed by atoms with E-state index in [1.54, 1.807) is 0 Å². The van der Waals surface area contributed by atoms with Gasteiger partial charge in [0, 0.05) is 37.8 Å². The Hall–Kier alpha value is -2.73. The number of nitriles is 1. The van der Waals surface area contributed by atoms with Crippen LogP contribution in [0.1, 0.15) is 37.7 Å². The molecular weight excluding hydrogens is 416 g/mol. The van der Waals surface area contributed by atoms with E-state index in [0.717, 1.165) is 75.3 Å². The lowest BCUT2D eigenvalue weighted by molar-refractivity contribution is -0.127. The molecule has 2 aliphatic rings. The molecule has 0 unspecified atom stereocenters. The summed E-state index contributed by atoms with van der Waals surface area (Å²) in [4.78, 5) is 15.1. The van der Waals surface area contributed by atoms with Gasteiger partial charge in [-0.15, -0.1) is 0 Å². The average Bonchev–Trinajstić information content (AvgIpc) is 3.33. The van der Waals surface area contributed by atoms with Crippen molar-refractivity contribution in [2.45, 2.75) is 56.7 Å². The maximum Gasteiger partial charge on any atom is 0.241 e. The summed E-state index contributed by atoms with van der Waals surface area (Å²) in [5, 5.41) is 16.9. The summed E-state index contributed by atoms with van der Waals surface area (Å²) in [5.74, 6) is -0.199. The SMILES string of the molecule is N#C[C@H](Cc1ccc(-c2cnn(CCN3CCOCC3)c2)cc1)NC(=O)C1(N)CCCCC1. The number of nitrogens with zero attached hydrogens (tertiary/aromatic N) is 4. The van der Waals surface area contributed by atoms with Crippen LogP contribution in [0.15, 0.2) is 36.7 Å². The van der Waals surface area contributed by atoms with Crippen LogP contribution in [0, 0.1) is 11.3 Å². The van der Waals surface area contributed by atoms with Gasteiger partial charge in [-0.25, -0.2) is 0 Å². The number of benzene rings is 1. The largest absolute Gasteiger partial charge is 0.379 e. The number of carbonyl (C=O) groups excluding carboxylic acids is 1. The Bertz CT molecular complexity index is 952. The number of amides is 1. The summed E-state index contributed by atoms with van der Waals surface area (Å²) < 4.78 is 7.38. The van der Waals surface area contributed by atoms with Crippen LogP contribution in [0.5, 0.6) is 0 Å². The highest BCUT2D eigenvalue weighted by Gasteiger charge is 2.36. The molecule has 2 fully saturated rings. The number of hydrogen-bond donors (Lipinski definition) is 2. The van der Waals surface area contributed by atoms with Gasteiger partial charge >= 0.3 is 0 Å². The third kappa shape index (κ3) is 6.20. The zero-order valence-corrected chi connectivity index (χ0v) is 19.2. The summed E-state index contributed by atoms with van der Waals surface area (Å²) in [5.41, 5.74) is 8.62. The molecule has 3 N–H and O–H groups in total. The van der Waals surface area contributed by atoms with Crippen molar-refractivity contribution in [2.75, 3.05) is 32.8 Å². The van der Waals surface area contributed by atoms with Crippen molar-refractivity contribution in [3.63, 3.8) is 0 Å². The Labute approximate surface area is 195 Å². The van der Waals surface area contributed by atoms with Gasteiger partial charge in [-0.2, -0.15) is 10.4 Å². The lowest BCUT2D eigenvalue weighted by atomic mass is 9.81. The molecule has 2 aromatic rings. The van der Waals surface area contributed by atoms with Crippen LogP contribution in [0.4, 0.5) is 0 Å². The van der Waals surface area contributed by atoms with Crippen molar-refractivity contribution in [3.05, 3.63) is 42.2 Å². The minimum Gasteiger partial charge on any atom is -0.379 e. The van der Waals surface area contributed by atoms with Crippen molar-refractivity contribution < 1.29 is 9.53 Å². The van der Waals surface area contributed by atoms with E-state index >= 15 is 0 Å². The van der Waals surface area contributed by atoms with E-state index < -0.39 is 11.6 Å². The molecule has 1 aromatic carbocycles. The number of aromatic nitrogens is 2. The summed E-state index contributed by atoms with van der Waals surface area (Å²) in [7, 11) is 0. The summed E-state index contributed by atoms with van der Waals surface area (Å²) in [6.07, 6.45) is 8.83. The minimum absolute atomic E-state index is 0.199. The Balaban J connectivity index is 1.30. The summed E-state index contributed by atoms with van der Waals surface area (Å²) in [6.45, 7) is 5.39. The second-order valence-electron chi connectivity index (χ2n) is 9.22. The minimum atomic E-state index is -0.834. The van der Waals surface area contributed by atoms with Crippen molar-refractivity contribution in [3.8, 4) is 17.2 Å². The maximum atomic E-state index is 12.7. The first kappa shape index (κ1) is 23.4. The van der Waals surface area contributed by atoms with Crippen LogP contribution < -0.4 is 11.1 Å². The highest BCUT2D eigenvalue weighted by atomic mass is 16.5. The average molecular weight is 451 g/mol. The van der Waals surface area contributed by atoms with Gasteiger partial charge in [0.2, 0.25) is 5.91 Å². The Kier molecular flexibility index (Phi) is 7.76. The van der Waals surface area contributed by atoms with E-state index in [-0.39, 0.29) is 5.91 Å². The highest BCUT2D eigenvalue weighted by molar-refractivity contribution is 5.86. The van der Waals surface area contributed by atoms with Gasteiger partial charge in [0.05, 0.1) is 37.6 Å². The van der Waals surface area contributed by atoms with Gasteiger partial charge in [0.15, 0.2) is 0 Å². The molecule has 1 amide bonds. The molecule has 2 heterocycles. The second kappa shape index (κ2) is 10.9. The number of morpholine rings is 1. The van der Waals surface area contributed by atoms with Crippen molar-refractivity contribution >= 4 is 5.91 Å². The molecule has 1 aliphatic heterocycles. The predicted octanol–water partition coefficient (Wildman–Crippen LogP) is 2.09. The molecule has 176 valence electrons. The molecule has 0 radical (unpaired) electrons. The van der Waals surface area contributed by atoms with E-state index in [4.69, 9.17) is 10.5 Å². The van der Waals surface area contributed by atoms with Crippen LogP contribution in [0.2, 0.25) is 0 Å². The zero-order valence-electron chi connectivity index (χ0n) is 19.2. The number of hydrogen-bond acceptors (Lipinski definition) is 6. The van der Waals surface area contributed by atoms with Crippen LogP contribution in [0.25, 0.3) is 11.1 Å². The molecule has 33 heavy (non-hydrogen) atoms. The van der Waals surface area contributed by atoms with E-state index in [2.05, 4.69) is 27.6 Å². The van der Waals surface area contributed by atoms with E-state index in [9.17, 15) is 10.1 Å². The van der Waals surface area contributed by atoms with Gasteiger partial charge in [-0.05, 0) is 24.0 Å². The van der Waals surface area contributed by atoms with Crippen LogP contribution in [0.3, 0.4) is 0 Å². The van der Waals surface area contributed by atoms with E-state index in [0.29, 0.717) is 19.3 Å². The summed E-state index contributed by atoms with van der Waals surface area (Å²) in [6, 6.07) is 9.73. The molecule has 8 heteroatoms. The Morgan fingerprint density at radius 2 is 1.88 bits per heavy atom. The number of rotatable bonds is 8. The first-order chi connectivity index (χ1) is 16.1. The molecule has 8 nitrogen and oxygen atoms in total. The molecule has 1 atom stereocenters. The van der Waals surface area contributed by atoms with Crippen LogP contribution in [-0.4, -0.2) is 65.0 Å². The normalized spacial score (nSPS) is 19.5. The zero-order chi connectivity index (χ0) is 23.1. The van der Waals surface area contributed by atoms with Gasteiger partial charge in [-0.3, -0.25) is 14.4 Å². The maximum absolute atomic E-state index is 12.7. The lowest BCUT2D eigenvalue weighted by Crippen LogP contribution is -2.57. The van der Waals surface area contributed by atoms with Crippen molar-refractivity contribution in [1.82, 2.24) is 20.0 Å². The number of ether oxygens (including phenoxy) is 1. The van der Waals surface area contributed by atoms with Crippen molar-refractivity contribution in [2.24, 2.45) is 5.73 Å². The Morgan fingerprint density at radius 1 is 1.15 bits per heavy atom. The molecule has 4 rings (SSSR count). The predicted molar refractivity (Wildman–Crippen MR) is 126 cm³/mol. The second-order valence-corrected chi connectivity index (χ2v) is 9.22. The lowest BCUT2D eigenvalue weighted by Gasteiger charge is -2.32. The fourth-order valence-electron chi connectivity index (χ4n) is 4.61. The van der Waals surface area contributed by atoms with Crippen LogP contribution in [-0.2, 0) is 22.5 Å². The third-order valence-corrected chi connectivity index (χ3v) is 6.77.